The van der Waals surface area contributed by atoms with Crippen molar-refractivity contribution in [2.75, 3.05) is 0 Å². The number of hydrogen-bond acceptors (Lipinski definition) is 1. The molecule has 2 aliphatic heterocycles. The first-order valence-corrected chi connectivity index (χ1v) is 10.1. The molecule has 138 valence electrons. The van der Waals surface area contributed by atoms with Crippen LogP contribution in [-0.2, 0) is 19.3 Å². The Morgan fingerprint density at radius 3 is 2.54 bits per heavy atom. The molecule has 0 N–H and O–H groups in total. The van der Waals surface area contributed by atoms with Gasteiger partial charge in [-0.15, -0.1) is 0 Å². The molecule has 0 radical (unpaired) electrons. The third-order valence-corrected chi connectivity index (χ3v) is 5.82. The van der Waals surface area contributed by atoms with Gasteiger partial charge in [0.2, 0.25) is 0 Å². The number of rotatable bonds is 5. The van der Waals surface area contributed by atoms with Crippen LogP contribution < -0.4 is 0 Å². The highest BCUT2D eigenvalue weighted by Gasteiger charge is 2.33. The molecule has 1 heteroatoms. The molecule has 1 aromatic carbocycles. The Morgan fingerprint density at radius 2 is 1.96 bits per heavy atom. The number of fused-ring (bicyclic) bond motifs is 3. The summed E-state index contributed by atoms with van der Waals surface area (Å²) in [5.74, 6) is 0.584. The lowest BCUT2D eigenvalue weighted by molar-refractivity contribution is 0.284. The number of allylic oxidation sites excluding steroid dienone is 4. The summed E-state index contributed by atoms with van der Waals surface area (Å²) in [6, 6.07) is 5.42. The second kappa shape index (κ2) is 7.31. The van der Waals surface area contributed by atoms with Crippen LogP contribution in [0.2, 0.25) is 0 Å². The summed E-state index contributed by atoms with van der Waals surface area (Å²) < 4.78 is 0. The molecular weight excluding hydrogens is 314 g/mol. The summed E-state index contributed by atoms with van der Waals surface area (Å²) in [7, 11) is 0. The summed E-state index contributed by atoms with van der Waals surface area (Å²) in [5.41, 5.74) is 10.6. The molecule has 1 nitrogen and oxygen atoms in total. The number of nitrogens with zero attached hydrogens (tertiary/aromatic N) is 1. The summed E-state index contributed by atoms with van der Waals surface area (Å²) >= 11 is 0. The van der Waals surface area contributed by atoms with Crippen molar-refractivity contribution in [3.8, 4) is 0 Å². The van der Waals surface area contributed by atoms with Gasteiger partial charge in [-0.25, -0.2) is 0 Å². The monoisotopic (exact) mass is 347 g/mol. The van der Waals surface area contributed by atoms with Gasteiger partial charge in [0.25, 0.3) is 0 Å². The molecule has 2 heterocycles. The Labute approximate surface area is 159 Å². The third kappa shape index (κ3) is 3.20. The maximum Gasteiger partial charge on any atom is 0.0491 e. The second-order valence-corrected chi connectivity index (χ2v) is 8.18. The molecule has 3 rings (SSSR count). The molecule has 1 aromatic rings. The van der Waals surface area contributed by atoms with E-state index in [4.69, 9.17) is 0 Å². The summed E-state index contributed by atoms with van der Waals surface area (Å²) in [6.45, 7) is 19.7. The van der Waals surface area contributed by atoms with Crippen LogP contribution in [-0.4, -0.2) is 10.9 Å². The Kier molecular flexibility index (Phi) is 5.27. The topological polar surface area (TPSA) is 3.24 Å². The average molecular weight is 348 g/mol. The van der Waals surface area contributed by atoms with Gasteiger partial charge in [0, 0.05) is 23.5 Å². The van der Waals surface area contributed by atoms with Gasteiger partial charge in [-0.2, -0.15) is 0 Å². The molecule has 0 aromatic heterocycles. The van der Waals surface area contributed by atoms with Crippen molar-refractivity contribution in [2.45, 2.75) is 66.3 Å². The zero-order valence-corrected chi connectivity index (χ0v) is 17.2. The zero-order valence-electron chi connectivity index (χ0n) is 17.2. The van der Waals surface area contributed by atoms with Crippen molar-refractivity contribution in [2.24, 2.45) is 5.92 Å². The number of aryl methyl sites for hydroxylation is 2. The standard InChI is InChI=1S/C25H33N/c1-8-10-20-12-21-14-24(17(5)6)26-15-23(16(3)4)18(7)11-25(26)22(21)13-19(20)9-2/h11-13,15,17,24H,3,7-10,14H2,1-2,4-6H3. The summed E-state index contributed by atoms with van der Waals surface area (Å²) in [6.07, 6.45) is 9.15. The van der Waals surface area contributed by atoms with Gasteiger partial charge in [0.1, 0.15) is 0 Å². The van der Waals surface area contributed by atoms with E-state index in [0.29, 0.717) is 12.0 Å². The molecule has 1 atom stereocenters. The lowest BCUT2D eigenvalue weighted by Gasteiger charge is -2.43. The molecule has 0 amide bonds. The largest absolute Gasteiger partial charge is 0.343 e. The van der Waals surface area contributed by atoms with E-state index in [1.807, 2.05) is 0 Å². The maximum absolute atomic E-state index is 4.31. The maximum atomic E-state index is 4.31. The van der Waals surface area contributed by atoms with Crippen molar-refractivity contribution >= 4 is 5.70 Å². The van der Waals surface area contributed by atoms with Crippen molar-refractivity contribution < 1.29 is 0 Å². The van der Waals surface area contributed by atoms with E-state index in [0.717, 1.165) is 24.0 Å². The van der Waals surface area contributed by atoms with E-state index in [-0.39, 0.29) is 0 Å². The molecule has 0 saturated heterocycles. The fourth-order valence-corrected chi connectivity index (χ4v) is 4.34. The Bertz CT molecular complexity index is 804. The first-order chi connectivity index (χ1) is 12.4. The van der Waals surface area contributed by atoms with E-state index >= 15 is 0 Å². The third-order valence-electron chi connectivity index (χ3n) is 5.82. The van der Waals surface area contributed by atoms with Crippen LogP contribution in [0.5, 0.6) is 0 Å². The van der Waals surface area contributed by atoms with E-state index < -0.39 is 0 Å². The van der Waals surface area contributed by atoms with E-state index in [1.54, 1.807) is 0 Å². The molecule has 0 bridgehead atoms. The van der Waals surface area contributed by atoms with Gasteiger partial charge in [0.15, 0.2) is 0 Å². The van der Waals surface area contributed by atoms with E-state index in [2.05, 4.69) is 77.1 Å². The molecular formula is C25H33N. The molecule has 0 saturated carbocycles. The van der Waals surface area contributed by atoms with Gasteiger partial charge < -0.3 is 4.90 Å². The molecule has 0 fully saturated rings. The first-order valence-electron chi connectivity index (χ1n) is 10.1. The van der Waals surface area contributed by atoms with Gasteiger partial charge in [0.05, 0.1) is 0 Å². The minimum atomic E-state index is 0.484. The molecule has 1 unspecified atom stereocenters. The van der Waals surface area contributed by atoms with Gasteiger partial charge in [-0.05, 0) is 77.7 Å². The quantitative estimate of drug-likeness (QED) is 0.591. The Hall–Kier alpha value is -2.02. The predicted molar refractivity (Wildman–Crippen MR) is 114 cm³/mol. The SMILES string of the molecule is C=C(C)C1=CN2C(=CC1=C)c1cc(CC)c(CCC)cc1CC2C(C)C. The molecule has 2 aliphatic rings. The minimum absolute atomic E-state index is 0.484. The summed E-state index contributed by atoms with van der Waals surface area (Å²) in [5, 5.41) is 0. The smallest absolute Gasteiger partial charge is 0.0491 e. The minimum Gasteiger partial charge on any atom is -0.343 e. The van der Waals surface area contributed by atoms with Crippen molar-refractivity contribution in [1.29, 1.82) is 0 Å². The van der Waals surface area contributed by atoms with Crippen LogP contribution in [0.15, 0.2) is 54.3 Å². The van der Waals surface area contributed by atoms with Crippen LogP contribution in [0.3, 0.4) is 0 Å². The van der Waals surface area contributed by atoms with Gasteiger partial charge in [-0.1, -0.05) is 53.3 Å². The van der Waals surface area contributed by atoms with Crippen LogP contribution in [0.4, 0.5) is 0 Å². The highest BCUT2D eigenvalue weighted by molar-refractivity contribution is 5.77. The molecule has 0 aliphatic carbocycles. The number of benzene rings is 1. The predicted octanol–water partition coefficient (Wildman–Crippen LogP) is 6.45. The Balaban J connectivity index is 2.17. The molecule has 26 heavy (non-hydrogen) atoms. The van der Waals surface area contributed by atoms with Crippen LogP contribution in [0, 0.1) is 5.92 Å². The zero-order chi connectivity index (χ0) is 19.0. The van der Waals surface area contributed by atoms with Gasteiger partial charge >= 0.3 is 0 Å². The van der Waals surface area contributed by atoms with Crippen LogP contribution >= 0.6 is 0 Å². The first kappa shape index (κ1) is 18.8. The second-order valence-electron chi connectivity index (χ2n) is 8.18. The van der Waals surface area contributed by atoms with Gasteiger partial charge in [-0.3, -0.25) is 0 Å². The highest BCUT2D eigenvalue weighted by atomic mass is 15.2. The average Bonchev–Trinajstić information content (AvgIpc) is 2.59. The fourth-order valence-electron chi connectivity index (χ4n) is 4.34. The van der Waals surface area contributed by atoms with E-state index in [1.165, 1.54) is 46.4 Å². The van der Waals surface area contributed by atoms with Crippen molar-refractivity contribution in [3.63, 3.8) is 0 Å². The lowest BCUT2D eigenvalue weighted by Crippen LogP contribution is -2.41. The summed E-state index contributed by atoms with van der Waals surface area (Å²) in [4.78, 5) is 2.49. The fraction of sp³-hybridized carbons (Fsp3) is 0.440. The highest BCUT2D eigenvalue weighted by Crippen LogP contribution is 2.41. The number of hydrogen-bond donors (Lipinski definition) is 0. The van der Waals surface area contributed by atoms with Crippen LogP contribution in [0.1, 0.15) is 63.3 Å². The van der Waals surface area contributed by atoms with Crippen molar-refractivity contribution in [3.05, 3.63) is 76.5 Å². The van der Waals surface area contributed by atoms with Crippen LogP contribution in [0.25, 0.3) is 5.70 Å². The Morgan fingerprint density at radius 1 is 1.23 bits per heavy atom. The van der Waals surface area contributed by atoms with Crippen molar-refractivity contribution in [1.82, 2.24) is 4.90 Å². The normalized spacial score (nSPS) is 19.1. The van der Waals surface area contributed by atoms with E-state index in [9.17, 15) is 0 Å². The lowest BCUT2D eigenvalue weighted by atomic mass is 9.81. The molecule has 0 spiro atoms.